The van der Waals surface area contributed by atoms with E-state index in [1.54, 1.807) is 0 Å². The van der Waals surface area contributed by atoms with Crippen molar-refractivity contribution in [2.75, 3.05) is 5.73 Å². The molecule has 0 radical (unpaired) electrons. The van der Waals surface area contributed by atoms with Gasteiger partial charge < -0.3 is 5.73 Å². The minimum absolute atomic E-state index is 0.703. The average Bonchev–Trinajstić information content (AvgIpc) is 2.17. The third kappa shape index (κ3) is 2.34. The van der Waals surface area contributed by atoms with E-state index in [0.717, 1.165) is 11.6 Å². The summed E-state index contributed by atoms with van der Waals surface area (Å²) < 4.78 is 0. The Hall–Kier alpha value is -0.980. The molecule has 0 spiro atoms. The quantitative estimate of drug-likeness (QED) is 0.689. The van der Waals surface area contributed by atoms with Gasteiger partial charge in [-0.3, -0.25) is 0 Å². The lowest BCUT2D eigenvalue weighted by molar-refractivity contribution is 0.344. The molecule has 0 bridgehead atoms. The number of hydrogen-bond donors (Lipinski definition) is 1. The van der Waals surface area contributed by atoms with Gasteiger partial charge in [0, 0.05) is 5.69 Å². The molecule has 0 saturated heterocycles. The molecular formula is C14H21N. The molecule has 1 aliphatic carbocycles. The fraction of sp³-hybridized carbons (Fsp3) is 0.571. The van der Waals surface area contributed by atoms with Crippen LogP contribution in [0.2, 0.25) is 0 Å². The Kier molecular flexibility index (Phi) is 2.99. The summed E-state index contributed by atoms with van der Waals surface area (Å²) in [6.45, 7) is 4.46. The van der Waals surface area contributed by atoms with E-state index in [4.69, 9.17) is 5.73 Å². The first-order valence-corrected chi connectivity index (χ1v) is 6.03. The van der Waals surface area contributed by atoms with Crippen LogP contribution in [0.3, 0.4) is 0 Å². The molecule has 1 aliphatic rings. The van der Waals surface area contributed by atoms with E-state index in [9.17, 15) is 0 Å². The molecule has 2 N–H and O–H groups in total. The van der Waals surface area contributed by atoms with Crippen LogP contribution in [0.25, 0.3) is 0 Å². The SMILES string of the molecule is Cc1ccc([C@H]2CCC[C@H](C)C2)c(N)c1. The fourth-order valence-corrected chi connectivity index (χ4v) is 2.78. The topological polar surface area (TPSA) is 26.0 Å². The van der Waals surface area contributed by atoms with Crippen LogP contribution < -0.4 is 5.73 Å². The van der Waals surface area contributed by atoms with Crippen molar-refractivity contribution in [2.24, 2.45) is 5.92 Å². The summed E-state index contributed by atoms with van der Waals surface area (Å²) in [7, 11) is 0. The van der Waals surface area contributed by atoms with E-state index >= 15 is 0 Å². The van der Waals surface area contributed by atoms with Crippen LogP contribution in [-0.4, -0.2) is 0 Å². The van der Waals surface area contributed by atoms with Crippen molar-refractivity contribution >= 4 is 5.69 Å². The van der Waals surface area contributed by atoms with Crippen LogP contribution in [0.5, 0.6) is 0 Å². The Morgan fingerprint density at radius 3 is 2.73 bits per heavy atom. The maximum absolute atomic E-state index is 6.10. The van der Waals surface area contributed by atoms with E-state index < -0.39 is 0 Å². The molecule has 0 amide bonds. The zero-order valence-corrected chi connectivity index (χ0v) is 9.79. The van der Waals surface area contributed by atoms with Crippen molar-refractivity contribution in [3.63, 3.8) is 0 Å². The van der Waals surface area contributed by atoms with Gasteiger partial charge in [0.1, 0.15) is 0 Å². The van der Waals surface area contributed by atoms with Crippen molar-refractivity contribution < 1.29 is 0 Å². The maximum Gasteiger partial charge on any atom is 0.0352 e. The van der Waals surface area contributed by atoms with E-state index in [0.29, 0.717) is 5.92 Å². The van der Waals surface area contributed by atoms with Crippen molar-refractivity contribution in [1.29, 1.82) is 0 Å². The highest BCUT2D eigenvalue weighted by atomic mass is 14.6. The number of rotatable bonds is 1. The number of aryl methyl sites for hydroxylation is 1. The standard InChI is InChI=1S/C14H21N/c1-10-4-3-5-12(8-10)13-7-6-11(2)9-14(13)15/h6-7,9-10,12H,3-5,8,15H2,1-2H3/t10-,12-/m0/s1. The molecular weight excluding hydrogens is 182 g/mol. The van der Waals surface area contributed by atoms with Gasteiger partial charge in [0.05, 0.1) is 0 Å². The molecule has 1 saturated carbocycles. The highest BCUT2D eigenvalue weighted by Gasteiger charge is 2.21. The lowest BCUT2D eigenvalue weighted by Gasteiger charge is -2.28. The third-order valence-electron chi connectivity index (χ3n) is 3.62. The molecule has 2 rings (SSSR count). The molecule has 1 fully saturated rings. The lowest BCUT2D eigenvalue weighted by atomic mass is 9.78. The van der Waals surface area contributed by atoms with Crippen LogP contribution in [0.15, 0.2) is 18.2 Å². The normalized spacial score (nSPS) is 26.5. The molecule has 2 atom stereocenters. The minimum Gasteiger partial charge on any atom is -0.398 e. The zero-order chi connectivity index (χ0) is 10.8. The van der Waals surface area contributed by atoms with Crippen LogP contribution in [0.1, 0.15) is 49.7 Å². The average molecular weight is 203 g/mol. The number of nitrogens with two attached hydrogens (primary N) is 1. The Morgan fingerprint density at radius 2 is 2.07 bits per heavy atom. The predicted octanol–water partition coefficient (Wildman–Crippen LogP) is 3.87. The van der Waals surface area contributed by atoms with E-state index in [-0.39, 0.29) is 0 Å². The number of benzene rings is 1. The smallest absolute Gasteiger partial charge is 0.0352 e. The molecule has 15 heavy (non-hydrogen) atoms. The van der Waals surface area contributed by atoms with E-state index in [2.05, 4.69) is 32.0 Å². The van der Waals surface area contributed by atoms with Gasteiger partial charge in [-0.25, -0.2) is 0 Å². The van der Waals surface area contributed by atoms with E-state index in [1.807, 2.05) is 0 Å². The van der Waals surface area contributed by atoms with E-state index in [1.165, 1.54) is 36.8 Å². The van der Waals surface area contributed by atoms with Gasteiger partial charge >= 0.3 is 0 Å². The summed E-state index contributed by atoms with van der Waals surface area (Å²) in [6.07, 6.45) is 5.38. The second-order valence-corrected chi connectivity index (χ2v) is 5.10. The van der Waals surface area contributed by atoms with Crippen molar-refractivity contribution in [2.45, 2.75) is 45.4 Å². The molecule has 1 aromatic rings. The summed E-state index contributed by atoms with van der Waals surface area (Å²) in [5, 5.41) is 0. The Morgan fingerprint density at radius 1 is 1.27 bits per heavy atom. The van der Waals surface area contributed by atoms with Crippen molar-refractivity contribution in [3.05, 3.63) is 29.3 Å². The Bertz CT molecular complexity index is 343. The van der Waals surface area contributed by atoms with Gasteiger partial charge in [-0.15, -0.1) is 0 Å². The third-order valence-corrected chi connectivity index (χ3v) is 3.62. The second kappa shape index (κ2) is 4.26. The van der Waals surface area contributed by atoms with Gasteiger partial charge in [0.2, 0.25) is 0 Å². The Labute approximate surface area is 92.7 Å². The van der Waals surface area contributed by atoms with Gasteiger partial charge in [-0.2, -0.15) is 0 Å². The molecule has 1 aromatic carbocycles. The molecule has 0 unspecified atom stereocenters. The van der Waals surface area contributed by atoms with Gasteiger partial charge in [0.25, 0.3) is 0 Å². The zero-order valence-electron chi connectivity index (χ0n) is 9.79. The first-order chi connectivity index (χ1) is 7.16. The summed E-state index contributed by atoms with van der Waals surface area (Å²) in [5.74, 6) is 1.57. The molecule has 1 heteroatoms. The maximum atomic E-state index is 6.10. The second-order valence-electron chi connectivity index (χ2n) is 5.10. The van der Waals surface area contributed by atoms with Crippen LogP contribution in [0, 0.1) is 12.8 Å². The predicted molar refractivity (Wildman–Crippen MR) is 66.0 cm³/mol. The molecule has 0 aromatic heterocycles. The summed E-state index contributed by atoms with van der Waals surface area (Å²) in [6, 6.07) is 6.52. The largest absolute Gasteiger partial charge is 0.398 e. The fourth-order valence-electron chi connectivity index (χ4n) is 2.78. The first-order valence-electron chi connectivity index (χ1n) is 6.03. The van der Waals surface area contributed by atoms with Gasteiger partial charge in [-0.1, -0.05) is 31.9 Å². The monoisotopic (exact) mass is 203 g/mol. The molecule has 82 valence electrons. The molecule has 0 heterocycles. The van der Waals surface area contributed by atoms with Crippen LogP contribution in [0.4, 0.5) is 5.69 Å². The summed E-state index contributed by atoms with van der Waals surface area (Å²) >= 11 is 0. The van der Waals surface area contributed by atoms with Crippen molar-refractivity contribution in [1.82, 2.24) is 0 Å². The van der Waals surface area contributed by atoms with Crippen LogP contribution >= 0.6 is 0 Å². The number of hydrogen-bond acceptors (Lipinski definition) is 1. The highest BCUT2D eigenvalue weighted by molar-refractivity contribution is 5.50. The van der Waals surface area contributed by atoms with Crippen molar-refractivity contribution in [3.8, 4) is 0 Å². The van der Waals surface area contributed by atoms with Gasteiger partial charge in [0.15, 0.2) is 0 Å². The lowest BCUT2D eigenvalue weighted by Crippen LogP contribution is -2.13. The number of anilines is 1. The first kappa shape index (κ1) is 10.5. The summed E-state index contributed by atoms with van der Waals surface area (Å²) in [5.41, 5.74) is 9.74. The Balaban J connectivity index is 2.21. The molecule has 0 aliphatic heterocycles. The highest BCUT2D eigenvalue weighted by Crippen LogP contribution is 2.38. The summed E-state index contributed by atoms with van der Waals surface area (Å²) in [4.78, 5) is 0. The van der Waals surface area contributed by atoms with Crippen LogP contribution in [-0.2, 0) is 0 Å². The number of nitrogen functional groups attached to an aromatic ring is 1. The minimum atomic E-state index is 0.703. The molecule has 1 nitrogen and oxygen atoms in total. The van der Waals surface area contributed by atoms with Gasteiger partial charge in [-0.05, 0) is 48.8 Å².